The highest BCUT2D eigenvalue weighted by Gasteiger charge is 2.22. The van der Waals surface area contributed by atoms with Crippen molar-refractivity contribution in [1.82, 2.24) is 20.4 Å². The molecule has 0 spiro atoms. The van der Waals surface area contributed by atoms with Crippen LogP contribution in [-0.2, 0) is 22.4 Å². The number of nitrogens with one attached hydrogen (secondary N) is 1. The van der Waals surface area contributed by atoms with Crippen LogP contribution in [0.15, 0.2) is 15.7 Å². The van der Waals surface area contributed by atoms with Crippen LogP contribution in [0, 0.1) is 5.92 Å². The summed E-state index contributed by atoms with van der Waals surface area (Å²) >= 11 is 2.93. The highest BCUT2D eigenvalue weighted by molar-refractivity contribution is 7.99. The van der Waals surface area contributed by atoms with Crippen LogP contribution in [0.4, 0.5) is 0 Å². The van der Waals surface area contributed by atoms with Crippen molar-refractivity contribution in [2.24, 2.45) is 5.92 Å². The Morgan fingerprint density at radius 1 is 1.39 bits per heavy atom. The normalized spacial score (nSPS) is 15.9. The van der Waals surface area contributed by atoms with Gasteiger partial charge < -0.3 is 14.6 Å². The quantitative estimate of drug-likeness (QED) is 0.658. The van der Waals surface area contributed by atoms with Gasteiger partial charge in [-0.2, -0.15) is 0 Å². The van der Waals surface area contributed by atoms with E-state index in [1.165, 1.54) is 33.5 Å². The second-order valence-corrected chi connectivity index (χ2v) is 8.99. The standard InChI is InChI=1S/C19H26N4O3S2/c1-4-20-16(24)10-23(5-2)17(25)11-27-19-22-21-18(26-19)15-9-13-8-12(3)6-7-14(13)28-15/h9,12H,4-8,10-11H2,1-3H3,(H,20,24)/t12-/m0/s1. The molecular weight excluding hydrogens is 396 g/mol. The zero-order chi connectivity index (χ0) is 20.1. The first-order valence-corrected chi connectivity index (χ1v) is 11.4. The van der Waals surface area contributed by atoms with Crippen molar-refractivity contribution in [3.63, 3.8) is 0 Å². The Morgan fingerprint density at radius 3 is 2.96 bits per heavy atom. The van der Waals surface area contributed by atoms with Crippen molar-refractivity contribution in [2.45, 2.75) is 45.3 Å². The summed E-state index contributed by atoms with van der Waals surface area (Å²) in [6.07, 6.45) is 3.45. The molecule has 28 heavy (non-hydrogen) atoms. The summed E-state index contributed by atoms with van der Waals surface area (Å²) in [5.41, 5.74) is 1.39. The van der Waals surface area contributed by atoms with Gasteiger partial charge in [0.2, 0.25) is 11.8 Å². The number of thioether (sulfide) groups is 1. The van der Waals surface area contributed by atoms with Gasteiger partial charge in [-0.15, -0.1) is 21.5 Å². The third-order valence-corrected chi connectivity index (χ3v) is 6.74. The second-order valence-electron chi connectivity index (χ2n) is 6.93. The van der Waals surface area contributed by atoms with Gasteiger partial charge in [-0.05, 0) is 50.7 Å². The molecule has 0 saturated carbocycles. The van der Waals surface area contributed by atoms with Gasteiger partial charge in [0.1, 0.15) is 0 Å². The SMILES string of the molecule is CCNC(=O)CN(CC)C(=O)CSc1nnc(-c2cc3c(s2)CC[C@H](C)C3)o1. The topological polar surface area (TPSA) is 88.3 Å². The predicted octanol–water partition coefficient (Wildman–Crippen LogP) is 3.00. The average molecular weight is 423 g/mol. The Labute approximate surface area is 173 Å². The lowest BCUT2D eigenvalue weighted by molar-refractivity contribution is -0.133. The van der Waals surface area contributed by atoms with Gasteiger partial charge in [-0.25, -0.2) is 0 Å². The molecule has 0 bridgehead atoms. The lowest BCUT2D eigenvalue weighted by atomic mass is 9.90. The fourth-order valence-corrected chi connectivity index (χ4v) is 4.99. The third-order valence-electron chi connectivity index (χ3n) is 4.71. The summed E-state index contributed by atoms with van der Waals surface area (Å²) in [5, 5.41) is 11.3. The Hall–Kier alpha value is -1.87. The number of hydrogen-bond donors (Lipinski definition) is 1. The number of fused-ring (bicyclic) bond motifs is 1. The van der Waals surface area contributed by atoms with Crippen molar-refractivity contribution < 1.29 is 14.0 Å². The van der Waals surface area contributed by atoms with Crippen LogP contribution in [0.2, 0.25) is 0 Å². The molecule has 3 rings (SSSR count). The molecule has 9 heteroatoms. The number of hydrogen-bond acceptors (Lipinski definition) is 7. The molecule has 0 radical (unpaired) electrons. The van der Waals surface area contributed by atoms with Crippen LogP contribution in [-0.4, -0.2) is 52.3 Å². The summed E-state index contributed by atoms with van der Waals surface area (Å²) in [7, 11) is 0. The fourth-order valence-electron chi connectivity index (χ4n) is 3.20. The van der Waals surface area contributed by atoms with E-state index in [0.717, 1.165) is 23.6 Å². The zero-order valence-corrected chi connectivity index (χ0v) is 18.1. The van der Waals surface area contributed by atoms with Gasteiger partial charge in [-0.1, -0.05) is 18.7 Å². The number of nitrogens with zero attached hydrogens (tertiary/aromatic N) is 3. The van der Waals surface area contributed by atoms with Crippen molar-refractivity contribution in [2.75, 3.05) is 25.4 Å². The molecule has 1 N–H and O–H groups in total. The molecule has 0 fully saturated rings. The molecule has 2 aromatic rings. The molecule has 1 atom stereocenters. The monoisotopic (exact) mass is 422 g/mol. The van der Waals surface area contributed by atoms with Gasteiger partial charge >= 0.3 is 0 Å². The highest BCUT2D eigenvalue weighted by Crippen LogP contribution is 2.37. The summed E-state index contributed by atoms with van der Waals surface area (Å²) < 4.78 is 5.76. The van der Waals surface area contributed by atoms with Crippen LogP contribution < -0.4 is 5.32 Å². The minimum Gasteiger partial charge on any atom is -0.410 e. The zero-order valence-electron chi connectivity index (χ0n) is 16.5. The smallest absolute Gasteiger partial charge is 0.277 e. The maximum absolute atomic E-state index is 12.4. The number of carbonyl (C=O) groups is 2. The van der Waals surface area contributed by atoms with Crippen LogP contribution >= 0.6 is 23.1 Å². The maximum atomic E-state index is 12.4. The van der Waals surface area contributed by atoms with E-state index in [0.29, 0.717) is 24.2 Å². The van der Waals surface area contributed by atoms with E-state index in [9.17, 15) is 9.59 Å². The number of rotatable bonds is 8. The van der Waals surface area contributed by atoms with Gasteiger partial charge in [0, 0.05) is 18.0 Å². The van der Waals surface area contributed by atoms with Crippen LogP contribution in [0.5, 0.6) is 0 Å². The number of aryl methyl sites for hydroxylation is 1. The van der Waals surface area contributed by atoms with Crippen molar-refractivity contribution in [1.29, 1.82) is 0 Å². The van der Waals surface area contributed by atoms with E-state index in [1.807, 2.05) is 13.8 Å². The van der Waals surface area contributed by atoms with Crippen molar-refractivity contribution in [3.8, 4) is 10.8 Å². The molecule has 2 amide bonds. The first kappa shape index (κ1) is 20.9. The predicted molar refractivity (Wildman–Crippen MR) is 110 cm³/mol. The molecule has 0 saturated heterocycles. The summed E-state index contributed by atoms with van der Waals surface area (Å²) in [5.74, 6) is 1.11. The van der Waals surface area contributed by atoms with Crippen molar-refractivity contribution in [3.05, 3.63) is 16.5 Å². The first-order chi connectivity index (χ1) is 13.5. The van der Waals surface area contributed by atoms with E-state index in [2.05, 4.69) is 28.5 Å². The Bertz CT molecular complexity index is 833. The molecule has 2 aromatic heterocycles. The van der Waals surface area contributed by atoms with E-state index < -0.39 is 0 Å². The molecule has 1 aliphatic rings. The lowest BCUT2D eigenvalue weighted by Crippen LogP contribution is -2.41. The molecule has 152 valence electrons. The third kappa shape index (κ3) is 5.14. The minimum atomic E-state index is -0.154. The number of carbonyl (C=O) groups excluding carboxylic acids is 2. The summed E-state index contributed by atoms with van der Waals surface area (Å²) in [4.78, 5) is 28.0. The molecule has 0 aliphatic heterocycles. The highest BCUT2D eigenvalue weighted by atomic mass is 32.2. The van der Waals surface area contributed by atoms with Gasteiger partial charge in [0.05, 0.1) is 17.2 Å². The van der Waals surface area contributed by atoms with E-state index >= 15 is 0 Å². The average Bonchev–Trinajstić information content (AvgIpc) is 3.30. The maximum Gasteiger partial charge on any atom is 0.277 e. The van der Waals surface area contributed by atoms with Crippen LogP contribution in [0.1, 0.15) is 37.6 Å². The Morgan fingerprint density at radius 2 is 2.21 bits per heavy atom. The van der Waals surface area contributed by atoms with Crippen LogP contribution in [0.25, 0.3) is 10.8 Å². The molecule has 2 heterocycles. The van der Waals surface area contributed by atoms with Gasteiger partial charge in [-0.3, -0.25) is 9.59 Å². The number of likely N-dealkylation sites (N-methyl/N-ethyl adjacent to an activating group) is 2. The van der Waals surface area contributed by atoms with Crippen molar-refractivity contribution >= 4 is 34.9 Å². The van der Waals surface area contributed by atoms with E-state index in [4.69, 9.17) is 4.42 Å². The lowest BCUT2D eigenvalue weighted by Gasteiger charge is -2.19. The summed E-state index contributed by atoms with van der Waals surface area (Å²) in [6, 6.07) is 2.16. The molecular formula is C19H26N4O3S2. The molecule has 0 unspecified atom stereocenters. The van der Waals surface area contributed by atoms with Gasteiger partial charge in [0.15, 0.2) is 0 Å². The first-order valence-electron chi connectivity index (χ1n) is 9.62. The van der Waals surface area contributed by atoms with E-state index in [-0.39, 0.29) is 24.1 Å². The molecule has 1 aliphatic carbocycles. The largest absolute Gasteiger partial charge is 0.410 e. The molecule has 0 aromatic carbocycles. The van der Waals surface area contributed by atoms with Crippen LogP contribution in [0.3, 0.4) is 0 Å². The summed E-state index contributed by atoms with van der Waals surface area (Å²) in [6.45, 7) is 7.08. The minimum absolute atomic E-state index is 0.0674. The number of amides is 2. The molecule has 7 nitrogen and oxygen atoms in total. The Kier molecular flexibility index (Phi) is 7.12. The fraction of sp³-hybridized carbons (Fsp3) is 0.579. The number of aromatic nitrogens is 2. The number of thiophene rings is 1. The Balaban J connectivity index is 1.57. The second kappa shape index (κ2) is 9.56. The van der Waals surface area contributed by atoms with Gasteiger partial charge in [0.25, 0.3) is 11.1 Å². The van der Waals surface area contributed by atoms with E-state index in [1.54, 1.807) is 11.3 Å².